The lowest BCUT2D eigenvalue weighted by atomic mass is 10.0. The number of hydrogen-bond acceptors (Lipinski definition) is 3. The normalized spacial score (nSPS) is 11.7. The van der Waals surface area contributed by atoms with Crippen molar-refractivity contribution in [1.29, 1.82) is 0 Å². The van der Waals surface area contributed by atoms with Crippen LogP contribution in [-0.4, -0.2) is 25.0 Å². The molecule has 0 fully saturated rings. The summed E-state index contributed by atoms with van der Waals surface area (Å²) in [5.41, 5.74) is 2.01. The fourth-order valence-corrected chi connectivity index (χ4v) is 2.95. The van der Waals surface area contributed by atoms with E-state index in [0.29, 0.717) is 6.42 Å². The molecule has 0 aromatic heterocycles. The second kappa shape index (κ2) is 11.1. The zero-order valence-corrected chi connectivity index (χ0v) is 16.9. The number of rotatable bonds is 10. The lowest BCUT2D eigenvalue weighted by molar-refractivity contribution is -0.129. The molecule has 0 aliphatic carbocycles. The van der Waals surface area contributed by atoms with Crippen molar-refractivity contribution in [1.82, 2.24) is 10.6 Å². The quantitative estimate of drug-likeness (QED) is 0.615. The number of methoxy groups -OCH3 is 1. The Labute approximate surface area is 167 Å². The van der Waals surface area contributed by atoms with E-state index in [-0.39, 0.29) is 17.9 Å². The van der Waals surface area contributed by atoms with E-state index < -0.39 is 6.04 Å². The summed E-state index contributed by atoms with van der Waals surface area (Å²) < 4.78 is 5.16. The molecule has 5 nitrogen and oxygen atoms in total. The Morgan fingerprint density at radius 2 is 1.61 bits per heavy atom. The van der Waals surface area contributed by atoms with Crippen LogP contribution in [0.15, 0.2) is 54.6 Å². The highest BCUT2D eigenvalue weighted by molar-refractivity contribution is 5.88. The molecule has 1 atom stereocenters. The topological polar surface area (TPSA) is 67.4 Å². The maximum atomic E-state index is 12.5. The third-order valence-corrected chi connectivity index (χ3v) is 4.41. The van der Waals surface area contributed by atoms with Gasteiger partial charge in [-0.25, -0.2) is 0 Å². The first kappa shape index (κ1) is 21.5. The predicted molar refractivity (Wildman–Crippen MR) is 111 cm³/mol. The van der Waals surface area contributed by atoms with Gasteiger partial charge in [-0.15, -0.1) is 0 Å². The van der Waals surface area contributed by atoms with Crippen molar-refractivity contribution in [2.75, 3.05) is 7.11 Å². The molecule has 0 aliphatic heterocycles. The van der Waals surface area contributed by atoms with Crippen molar-refractivity contribution >= 4 is 11.8 Å². The van der Waals surface area contributed by atoms with E-state index in [9.17, 15) is 9.59 Å². The predicted octanol–water partition coefficient (Wildman–Crippen LogP) is 3.79. The van der Waals surface area contributed by atoms with Crippen molar-refractivity contribution in [2.24, 2.45) is 0 Å². The molecule has 2 amide bonds. The van der Waals surface area contributed by atoms with Gasteiger partial charge < -0.3 is 15.4 Å². The third-order valence-electron chi connectivity index (χ3n) is 4.41. The summed E-state index contributed by atoms with van der Waals surface area (Å²) in [6.07, 6.45) is 2.99. The molecule has 2 aromatic carbocycles. The molecule has 2 N–H and O–H groups in total. The molecule has 0 radical (unpaired) electrons. The Bertz CT molecular complexity index is 742. The minimum atomic E-state index is -0.669. The van der Waals surface area contributed by atoms with Crippen molar-refractivity contribution in [3.05, 3.63) is 65.7 Å². The van der Waals surface area contributed by atoms with Crippen LogP contribution in [-0.2, 0) is 16.0 Å². The molecule has 2 rings (SSSR count). The number of unbranched alkanes of at least 4 members (excludes halogenated alkanes) is 1. The number of nitrogens with one attached hydrogen (secondary N) is 2. The molecular formula is C23H30N2O3. The molecule has 0 unspecified atom stereocenters. The van der Waals surface area contributed by atoms with Crippen LogP contribution in [0.5, 0.6) is 5.75 Å². The average Bonchev–Trinajstić information content (AvgIpc) is 2.70. The van der Waals surface area contributed by atoms with Crippen LogP contribution < -0.4 is 15.4 Å². The smallest absolute Gasteiger partial charge is 0.247 e. The van der Waals surface area contributed by atoms with Gasteiger partial charge in [-0.05, 0) is 56.4 Å². The third kappa shape index (κ3) is 7.06. The number of aryl methyl sites for hydroxylation is 1. The molecule has 0 heterocycles. The number of ether oxygens (including phenoxy) is 1. The van der Waals surface area contributed by atoms with E-state index in [4.69, 9.17) is 4.74 Å². The second-order valence-electron chi connectivity index (χ2n) is 7.13. The zero-order valence-electron chi connectivity index (χ0n) is 16.9. The highest BCUT2D eigenvalue weighted by Crippen LogP contribution is 2.15. The van der Waals surface area contributed by atoms with Crippen LogP contribution in [0.4, 0.5) is 0 Å². The highest BCUT2D eigenvalue weighted by Gasteiger charge is 2.22. The van der Waals surface area contributed by atoms with Crippen molar-refractivity contribution < 1.29 is 14.3 Å². The lowest BCUT2D eigenvalue weighted by Crippen LogP contribution is -2.42. The number of carbonyl (C=O) groups excluding carboxylic acids is 2. The summed E-state index contributed by atoms with van der Waals surface area (Å²) in [5, 5.41) is 5.77. The van der Waals surface area contributed by atoms with E-state index >= 15 is 0 Å². The summed E-state index contributed by atoms with van der Waals surface area (Å²) in [5.74, 6) is 0.546. The minimum absolute atomic E-state index is 0.0140. The van der Waals surface area contributed by atoms with Crippen molar-refractivity contribution in [3.8, 4) is 5.75 Å². The first-order valence-corrected chi connectivity index (χ1v) is 9.77. The molecule has 0 spiro atoms. The second-order valence-corrected chi connectivity index (χ2v) is 7.13. The maximum absolute atomic E-state index is 12.5. The molecule has 0 bridgehead atoms. The van der Waals surface area contributed by atoms with Crippen LogP contribution in [0, 0.1) is 0 Å². The minimum Gasteiger partial charge on any atom is -0.497 e. The van der Waals surface area contributed by atoms with Crippen LogP contribution in [0.25, 0.3) is 0 Å². The molecule has 28 heavy (non-hydrogen) atoms. The molecule has 150 valence electrons. The van der Waals surface area contributed by atoms with Crippen LogP contribution >= 0.6 is 0 Å². The molecular weight excluding hydrogens is 352 g/mol. The maximum Gasteiger partial charge on any atom is 0.247 e. The molecule has 2 aromatic rings. The fraction of sp³-hybridized carbons (Fsp3) is 0.391. The first-order chi connectivity index (χ1) is 13.5. The van der Waals surface area contributed by atoms with Gasteiger partial charge in [-0.1, -0.05) is 42.5 Å². The van der Waals surface area contributed by atoms with Gasteiger partial charge in [0.2, 0.25) is 11.8 Å². The van der Waals surface area contributed by atoms with E-state index in [1.807, 2.05) is 68.4 Å². The number of benzene rings is 2. The van der Waals surface area contributed by atoms with E-state index in [1.54, 1.807) is 7.11 Å². The van der Waals surface area contributed by atoms with Gasteiger partial charge in [0.05, 0.1) is 7.11 Å². The number of amides is 2. The summed E-state index contributed by atoms with van der Waals surface area (Å²) in [7, 11) is 1.65. The average molecular weight is 383 g/mol. The number of carbonyl (C=O) groups is 2. The van der Waals surface area contributed by atoms with Crippen LogP contribution in [0.2, 0.25) is 0 Å². The Kier molecular flexibility index (Phi) is 8.53. The van der Waals surface area contributed by atoms with Gasteiger partial charge in [-0.2, -0.15) is 0 Å². The number of hydrogen-bond donors (Lipinski definition) is 2. The largest absolute Gasteiger partial charge is 0.497 e. The van der Waals surface area contributed by atoms with Gasteiger partial charge in [0.25, 0.3) is 0 Å². The standard InChI is InChI=1S/C23H30N2O3/c1-17(2)24-23(27)22(19-10-5-4-6-11-19)25-21(26)12-8-7-9-18-13-15-20(28-3)16-14-18/h4-6,10-11,13-17,22H,7-9,12H2,1-3H3,(H,24,27)(H,25,26)/t22-/m0/s1. The SMILES string of the molecule is COc1ccc(CCCCC(=O)N[C@H](C(=O)NC(C)C)c2ccccc2)cc1. The lowest BCUT2D eigenvalue weighted by Gasteiger charge is -2.20. The van der Waals surface area contributed by atoms with Crippen molar-refractivity contribution in [2.45, 2.75) is 51.6 Å². The molecule has 0 aliphatic rings. The van der Waals surface area contributed by atoms with Crippen LogP contribution in [0.3, 0.4) is 0 Å². The summed E-state index contributed by atoms with van der Waals surface area (Å²) in [6, 6.07) is 16.7. The van der Waals surface area contributed by atoms with Gasteiger partial charge >= 0.3 is 0 Å². The van der Waals surface area contributed by atoms with Crippen molar-refractivity contribution in [3.63, 3.8) is 0 Å². The monoisotopic (exact) mass is 382 g/mol. The highest BCUT2D eigenvalue weighted by atomic mass is 16.5. The first-order valence-electron chi connectivity index (χ1n) is 9.77. The van der Waals surface area contributed by atoms with Gasteiger partial charge in [0.1, 0.15) is 11.8 Å². The molecule has 0 saturated carbocycles. The zero-order chi connectivity index (χ0) is 20.4. The van der Waals surface area contributed by atoms with Gasteiger partial charge in [-0.3, -0.25) is 9.59 Å². The Balaban J connectivity index is 1.84. The van der Waals surface area contributed by atoms with E-state index in [0.717, 1.165) is 30.6 Å². The van der Waals surface area contributed by atoms with E-state index in [2.05, 4.69) is 10.6 Å². The van der Waals surface area contributed by atoms with Gasteiger partial charge in [0.15, 0.2) is 0 Å². The van der Waals surface area contributed by atoms with E-state index in [1.165, 1.54) is 5.56 Å². The Morgan fingerprint density at radius 3 is 2.21 bits per heavy atom. The molecule has 0 saturated heterocycles. The Morgan fingerprint density at radius 1 is 0.929 bits per heavy atom. The summed E-state index contributed by atoms with van der Waals surface area (Å²) >= 11 is 0. The Hall–Kier alpha value is -2.82. The summed E-state index contributed by atoms with van der Waals surface area (Å²) in [4.78, 5) is 24.9. The van der Waals surface area contributed by atoms with Crippen LogP contribution in [0.1, 0.15) is 50.3 Å². The fourth-order valence-electron chi connectivity index (χ4n) is 2.95. The van der Waals surface area contributed by atoms with Gasteiger partial charge in [0, 0.05) is 12.5 Å². The molecule has 5 heteroatoms. The summed E-state index contributed by atoms with van der Waals surface area (Å²) in [6.45, 7) is 3.81.